The van der Waals surface area contributed by atoms with Crippen molar-refractivity contribution in [1.29, 1.82) is 0 Å². The number of hydrogen-bond donors (Lipinski definition) is 1. The molecule has 2 heterocycles. The summed E-state index contributed by atoms with van der Waals surface area (Å²) in [5.74, 6) is -0.129. The Morgan fingerprint density at radius 3 is 2.85 bits per heavy atom. The summed E-state index contributed by atoms with van der Waals surface area (Å²) < 4.78 is 14.0. The summed E-state index contributed by atoms with van der Waals surface area (Å²) in [5.41, 5.74) is 7.79. The summed E-state index contributed by atoms with van der Waals surface area (Å²) in [4.78, 5) is 4.14. The first-order valence-electron chi connectivity index (χ1n) is 3.87. The number of fused-ring (bicyclic) bond motifs is 1. The molecule has 0 saturated heterocycles. The van der Waals surface area contributed by atoms with E-state index in [1.54, 1.807) is 0 Å². The van der Waals surface area contributed by atoms with Gasteiger partial charge in [0, 0.05) is 17.3 Å². The number of anilines is 1. The van der Waals surface area contributed by atoms with Gasteiger partial charge >= 0.3 is 0 Å². The van der Waals surface area contributed by atoms with Crippen molar-refractivity contribution in [2.24, 2.45) is 0 Å². The van der Waals surface area contributed by atoms with Crippen LogP contribution in [0, 0.1) is 19.8 Å². The van der Waals surface area contributed by atoms with Gasteiger partial charge in [-0.25, -0.2) is 4.98 Å². The van der Waals surface area contributed by atoms with Crippen molar-refractivity contribution < 1.29 is 4.39 Å². The van der Waals surface area contributed by atoms with Crippen LogP contribution >= 0.6 is 0 Å². The zero-order valence-electron chi connectivity index (χ0n) is 7.37. The quantitative estimate of drug-likeness (QED) is 0.659. The molecule has 0 aliphatic heterocycles. The lowest BCUT2D eigenvalue weighted by Crippen LogP contribution is -2.05. The van der Waals surface area contributed by atoms with Crippen LogP contribution in [0.2, 0.25) is 0 Å². The number of nitrogens with zero attached hydrogens (tertiary/aromatic N) is 3. The van der Waals surface area contributed by atoms with Crippen molar-refractivity contribution in [2.75, 3.05) is 5.73 Å². The molecule has 2 aromatic rings. The normalized spacial score (nSPS) is 11.0. The molecular weight excluding hydrogens is 171 g/mol. The Morgan fingerprint density at radius 1 is 1.46 bits per heavy atom. The van der Waals surface area contributed by atoms with E-state index in [9.17, 15) is 4.39 Å². The summed E-state index contributed by atoms with van der Waals surface area (Å²) in [7, 11) is 0. The Bertz CT molecular complexity index is 474. The Balaban J connectivity index is 2.92. The Morgan fingerprint density at radius 2 is 2.15 bits per heavy atom. The average molecular weight is 180 g/mol. The highest BCUT2D eigenvalue weighted by molar-refractivity contribution is 5.51. The number of halogens is 1. The molecule has 13 heavy (non-hydrogen) atoms. The Labute approximate surface area is 74.2 Å². The molecule has 68 valence electrons. The minimum atomic E-state index is -0.566. The monoisotopic (exact) mass is 180 g/mol. The van der Waals surface area contributed by atoms with Crippen molar-refractivity contribution in [3.63, 3.8) is 0 Å². The maximum absolute atomic E-state index is 12.7. The van der Waals surface area contributed by atoms with Crippen LogP contribution in [0.3, 0.4) is 0 Å². The number of nitrogens with two attached hydrogens (primary N) is 1. The van der Waals surface area contributed by atoms with E-state index in [-0.39, 0.29) is 0 Å². The summed E-state index contributed by atoms with van der Waals surface area (Å²) in [5, 5.41) is 3.58. The SMILES string of the molecule is Cc1nc2cc(F)nn2c(N)c1C. The van der Waals surface area contributed by atoms with Gasteiger partial charge in [0.1, 0.15) is 5.82 Å². The van der Waals surface area contributed by atoms with Crippen LogP contribution in [-0.2, 0) is 0 Å². The van der Waals surface area contributed by atoms with Crippen molar-refractivity contribution >= 4 is 11.5 Å². The lowest BCUT2D eigenvalue weighted by Gasteiger charge is -2.04. The molecule has 0 aliphatic rings. The first kappa shape index (κ1) is 7.97. The molecule has 0 aliphatic carbocycles. The van der Waals surface area contributed by atoms with Gasteiger partial charge in [-0.2, -0.15) is 8.91 Å². The fraction of sp³-hybridized carbons (Fsp3) is 0.250. The van der Waals surface area contributed by atoms with Crippen LogP contribution in [0.15, 0.2) is 6.07 Å². The molecule has 0 unspecified atom stereocenters. The number of aryl methyl sites for hydroxylation is 1. The molecule has 0 amide bonds. The molecule has 4 nitrogen and oxygen atoms in total. The smallest absolute Gasteiger partial charge is 0.235 e. The molecule has 0 atom stereocenters. The third-order valence-electron chi connectivity index (χ3n) is 2.10. The number of aromatic nitrogens is 3. The average Bonchev–Trinajstić information content (AvgIpc) is 2.42. The maximum Gasteiger partial charge on any atom is 0.235 e. The highest BCUT2D eigenvalue weighted by Gasteiger charge is 2.08. The largest absolute Gasteiger partial charge is 0.383 e. The molecule has 0 saturated carbocycles. The fourth-order valence-corrected chi connectivity index (χ4v) is 1.20. The van der Waals surface area contributed by atoms with E-state index in [0.717, 1.165) is 11.3 Å². The van der Waals surface area contributed by atoms with Crippen LogP contribution < -0.4 is 5.73 Å². The lowest BCUT2D eigenvalue weighted by atomic mass is 10.2. The van der Waals surface area contributed by atoms with Gasteiger partial charge in [0.05, 0.1) is 0 Å². The molecule has 0 bridgehead atoms. The van der Waals surface area contributed by atoms with E-state index in [1.165, 1.54) is 10.6 Å². The van der Waals surface area contributed by atoms with Gasteiger partial charge in [-0.15, -0.1) is 5.10 Å². The highest BCUT2D eigenvalue weighted by Crippen LogP contribution is 2.15. The topological polar surface area (TPSA) is 56.2 Å². The standard InChI is InChI=1S/C8H9FN4/c1-4-5(2)11-7-3-6(9)12-13(7)8(4)10/h3H,10H2,1-2H3. The van der Waals surface area contributed by atoms with E-state index < -0.39 is 5.95 Å². The second kappa shape index (κ2) is 2.42. The Kier molecular flexibility index (Phi) is 1.48. The van der Waals surface area contributed by atoms with E-state index in [4.69, 9.17) is 5.73 Å². The van der Waals surface area contributed by atoms with Gasteiger partial charge in [0.25, 0.3) is 0 Å². The highest BCUT2D eigenvalue weighted by atomic mass is 19.1. The van der Waals surface area contributed by atoms with Crippen molar-refractivity contribution in [1.82, 2.24) is 14.6 Å². The zero-order valence-corrected chi connectivity index (χ0v) is 7.37. The number of nitrogen functional groups attached to an aromatic ring is 1. The summed E-state index contributed by atoms with van der Waals surface area (Å²) in [6.07, 6.45) is 0. The first-order valence-corrected chi connectivity index (χ1v) is 3.87. The minimum absolute atomic E-state index is 0.436. The molecule has 2 N–H and O–H groups in total. The summed E-state index contributed by atoms with van der Waals surface area (Å²) >= 11 is 0. The van der Waals surface area contributed by atoms with Gasteiger partial charge in [0.15, 0.2) is 5.65 Å². The third kappa shape index (κ3) is 1.04. The zero-order chi connectivity index (χ0) is 9.59. The molecular formula is C8H9FN4. The summed E-state index contributed by atoms with van der Waals surface area (Å²) in [6.45, 7) is 3.66. The van der Waals surface area contributed by atoms with Crippen LogP contribution in [0.1, 0.15) is 11.3 Å². The molecule has 0 spiro atoms. The van der Waals surface area contributed by atoms with E-state index in [1.807, 2.05) is 13.8 Å². The van der Waals surface area contributed by atoms with Crippen LogP contribution in [0.5, 0.6) is 0 Å². The van der Waals surface area contributed by atoms with E-state index in [0.29, 0.717) is 11.5 Å². The number of hydrogen-bond acceptors (Lipinski definition) is 3. The Hall–Kier alpha value is -1.65. The van der Waals surface area contributed by atoms with Gasteiger partial charge in [0.2, 0.25) is 5.95 Å². The predicted molar refractivity (Wildman–Crippen MR) is 46.8 cm³/mol. The second-order valence-corrected chi connectivity index (χ2v) is 2.94. The molecule has 2 aromatic heterocycles. The van der Waals surface area contributed by atoms with Gasteiger partial charge in [-0.1, -0.05) is 0 Å². The minimum Gasteiger partial charge on any atom is -0.383 e. The molecule has 2 rings (SSSR count). The molecule has 0 fully saturated rings. The third-order valence-corrected chi connectivity index (χ3v) is 2.10. The number of rotatable bonds is 0. The summed E-state index contributed by atoms with van der Waals surface area (Å²) in [6, 6.07) is 1.25. The molecule has 5 heteroatoms. The van der Waals surface area contributed by atoms with Crippen LogP contribution in [0.25, 0.3) is 5.65 Å². The van der Waals surface area contributed by atoms with Crippen LogP contribution in [0.4, 0.5) is 10.2 Å². The maximum atomic E-state index is 12.7. The van der Waals surface area contributed by atoms with Crippen molar-refractivity contribution in [3.05, 3.63) is 23.3 Å². The predicted octanol–water partition coefficient (Wildman–Crippen LogP) is 1.07. The first-order chi connectivity index (χ1) is 6.09. The lowest BCUT2D eigenvalue weighted by molar-refractivity contribution is 0.572. The van der Waals surface area contributed by atoms with E-state index in [2.05, 4.69) is 10.1 Å². The van der Waals surface area contributed by atoms with Crippen molar-refractivity contribution in [3.8, 4) is 0 Å². The van der Waals surface area contributed by atoms with Gasteiger partial charge in [-0.3, -0.25) is 0 Å². The fourth-order valence-electron chi connectivity index (χ4n) is 1.20. The van der Waals surface area contributed by atoms with Gasteiger partial charge < -0.3 is 5.73 Å². The molecule has 0 radical (unpaired) electrons. The second-order valence-electron chi connectivity index (χ2n) is 2.94. The van der Waals surface area contributed by atoms with E-state index >= 15 is 0 Å². The molecule has 0 aromatic carbocycles. The van der Waals surface area contributed by atoms with Crippen molar-refractivity contribution in [2.45, 2.75) is 13.8 Å². The van der Waals surface area contributed by atoms with Gasteiger partial charge in [-0.05, 0) is 13.8 Å². The van der Waals surface area contributed by atoms with Crippen LogP contribution in [-0.4, -0.2) is 14.6 Å².